The second-order valence-electron chi connectivity index (χ2n) is 4.82. The highest BCUT2D eigenvalue weighted by Crippen LogP contribution is 2.23. The lowest BCUT2D eigenvalue weighted by Gasteiger charge is -2.09. The van der Waals surface area contributed by atoms with Gasteiger partial charge in [0, 0.05) is 29.7 Å². The van der Waals surface area contributed by atoms with E-state index < -0.39 is 0 Å². The topological polar surface area (TPSA) is 34.1 Å². The number of hydrogen-bond acceptors (Lipinski definition) is 4. The molecule has 0 saturated carbocycles. The molecule has 0 aliphatic carbocycles. The maximum Gasteiger partial charge on any atom is 0.219 e. The number of nitrogens with zero attached hydrogens (tertiary/aromatic N) is 1. The molecular weight excluding hydrogens is 268 g/mol. The minimum absolute atomic E-state index is 0.473. The fourth-order valence-corrected chi connectivity index (χ4v) is 2.07. The third kappa shape index (κ3) is 4.54. The monoisotopic (exact) mass is 288 g/mol. The van der Waals surface area contributed by atoms with E-state index in [9.17, 15) is 0 Å². The van der Waals surface area contributed by atoms with Gasteiger partial charge < -0.3 is 10.1 Å². The first kappa shape index (κ1) is 14.9. The maximum absolute atomic E-state index is 5.72. The summed E-state index contributed by atoms with van der Waals surface area (Å²) in [5.41, 5.74) is 1.16. The predicted molar refractivity (Wildman–Crippen MR) is 84.5 cm³/mol. The van der Waals surface area contributed by atoms with Gasteiger partial charge in [0.25, 0.3) is 0 Å². The van der Waals surface area contributed by atoms with E-state index in [0.29, 0.717) is 11.9 Å². The maximum atomic E-state index is 5.72. The predicted octanol–water partition coefficient (Wildman–Crippen LogP) is 4.09. The fourth-order valence-electron chi connectivity index (χ4n) is 1.66. The Balaban J connectivity index is 1.95. The zero-order valence-electron chi connectivity index (χ0n) is 12.1. The van der Waals surface area contributed by atoms with Gasteiger partial charge in [-0.1, -0.05) is 19.9 Å². The first-order valence-corrected chi connectivity index (χ1v) is 7.90. The van der Waals surface area contributed by atoms with Gasteiger partial charge in [-0.05, 0) is 36.1 Å². The summed E-state index contributed by atoms with van der Waals surface area (Å²) in [6.07, 6.45) is 3.91. The Morgan fingerprint density at radius 1 is 1.15 bits per heavy atom. The highest BCUT2D eigenvalue weighted by molar-refractivity contribution is 7.98. The fraction of sp³-hybridized carbons (Fsp3) is 0.312. The van der Waals surface area contributed by atoms with Crippen LogP contribution in [-0.4, -0.2) is 17.3 Å². The second-order valence-corrected chi connectivity index (χ2v) is 5.70. The molecule has 0 aliphatic heterocycles. The van der Waals surface area contributed by atoms with Crippen molar-refractivity contribution in [3.8, 4) is 11.6 Å². The van der Waals surface area contributed by atoms with Gasteiger partial charge in [-0.25, -0.2) is 4.98 Å². The van der Waals surface area contributed by atoms with Crippen molar-refractivity contribution in [1.29, 1.82) is 0 Å². The first-order chi connectivity index (χ1) is 9.67. The summed E-state index contributed by atoms with van der Waals surface area (Å²) in [4.78, 5) is 5.55. The van der Waals surface area contributed by atoms with E-state index in [1.54, 1.807) is 11.8 Å². The largest absolute Gasteiger partial charge is 0.439 e. The summed E-state index contributed by atoms with van der Waals surface area (Å²) < 4.78 is 5.72. The minimum atomic E-state index is 0.473. The number of hydrogen-bond donors (Lipinski definition) is 1. The summed E-state index contributed by atoms with van der Waals surface area (Å²) in [5.74, 6) is 1.43. The van der Waals surface area contributed by atoms with Crippen LogP contribution in [0.25, 0.3) is 0 Å². The molecule has 20 heavy (non-hydrogen) atoms. The number of benzene rings is 1. The quantitative estimate of drug-likeness (QED) is 0.812. The Morgan fingerprint density at radius 3 is 2.45 bits per heavy atom. The Labute approximate surface area is 124 Å². The minimum Gasteiger partial charge on any atom is -0.439 e. The number of pyridine rings is 1. The summed E-state index contributed by atoms with van der Waals surface area (Å²) in [6, 6.07) is 12.4. The van der Waals surface area contributed by atoms with E-state index in [0.717, 1.165) is 17.9 Å². The van der Waals surface area contributed by atoms with Crippen molar-refractivity contribution in [3.05, 3.63) is 48.2 Å². The summed E-state index contributed by atoms with van der Waals surface area (Å²) in [6.45, 7) is 5.08. The van der Waals surface area contributed by atoms with Crippen molar-refractivity contribution in [2.24, 2.45) is 0 Å². The molecule has 0 spiro atoms. The molecule has 0 bridgehead atoms. The van der Waals surface area contributed by atoms with Gasteiger partial charge in [0.05, 0.1) is 0 Å². The van der Waals surface area contributed by atoms with Crippen molar-refractivity contribution in [2.75, 3.05) is 6.26 Å². The normalized spacial score (nSPS) is 10.8. The molecule has 0 fully saturated rings. The van der Waals surface area contributed by atoms with Crippen LogP contribution >= 0.6 is 11.8 Å². The standard InChI is InChI=1S/C16H20N2OS/c1-12(2)17-10-13-4-9-16(18-11-13)19-14-5-7-15(20-3)8-6-14/h4-9,11-12,17H,10H2,1-3H3. The van der Waals surface area contributed by atoms with Gasteiger partial charge in [-0.3, -0.25) is 0 Å². The van der Waals surface area contributed by atoms with Crippen molar-refractivity contribution < 1.29 is 4.74 Å². The van der Waals surface area contributed by atoms with Crippen LogP contribution in [0.1, 0.15) is 19.4 Å². The van der Waals surface area contributed by atoms with E-state index in [4.69, 9.17) is 4.74 Å². The van der Waals surface area contributed by atoms with E-state index in [1.807, 2.05) is 42.6 Å². The third-order valence-corrected chi connectivity index (χ3v) is 3.54. The second kappa shape index (κ2) is 7.31. The van der Waals surface area contributed by atoms with Gasteiger partial charge in [-0.2, -0.15) is 0 Å². The van der Waals surface area contributed by atoms with E-state index in [2.05, 4.69) is 30.4 Å². The Hall–Kier alpha value is -1.52. The Bertz CT molecular complexity index is 523. The number of nitrogens with one attached hydrogen (secondary N) is 1. The SMILES string of the molecule is CSc1ccc(Oc2ccc(CNC(C)C)cn2)cc1. The van der Waals surface area contributed by atoms with Gasteiger partial charge in [0.2, 0.25) is 5.88 Å². The molecule has 106 valence electrons. The molecule has 0 amide bonds. The molecule has 1 aromatic heterocycles. The lowest BCUT2D eigenvalue weighted by molar-refractivity contribution is 0.461. The Morgan fingerprint density at radius 2 is 1.90 bits per heavy atom. The highest BCUT2D eigenvalue weighted by atomic mass is 32.2. The molecule has 1 N–H and O–H groups in total. The van der Waals surface area contributed by atoms with Crippen LogP contribution in [0.4, 0.5) is 0 Å². The van der Waals surface area contributed by atoms with Crippen LogP contribution in [0, 0.1) is 0 Å². The van der Waals surface area contributed by atoms with Crippen LogP contribution in [0.15, 0.2) is 47.5 Å². The van der Waals surface area contributed by atoms with Crippen LogP contribution in [-0.2, 0) is 6.54 Å². The molecule has 0 radical (unpaired) electrons. The summed E-state index contributed by atoms with van der Waals surface area (Å²) in [5, 5.41) is 3.36. The zero-order chi connectivity index (χ0) is 14.4. The van der Waals surface area contributed by atoms with Gasteiger partial charge >= 0.3 is 0 Å². The van der Waals surface area contributed by atoms with Crippen LogP contribution in [0.2, 0.25) is 0 Å². The number of thioether (sulfide) groups is 1. The van der Waals surface area contributed by atoms with Gasteiger partial charge in [0.15, 0.2) is 0 Å². The number of rotatable bonds is 6. The van der Waals surface area contributed by atoms with E-state index in [-0.39, 0.29) is 0 Å². The molecule has 0 saturated heterocycles. The first-order valence-electron chi connectivity index (χ1n) is 6.67. The molecule has 2 rings (SSSR count). The summed E-state index contributed by atoms with van der Waals surface area (Å²) >= 11 is 1.72. The zero-order valence-corrected chi connectivity index (χ0v) is 12.9. The lowest BCUT2D eigenvalue weighted by atomic mass is 10.2. The van der Waals surface area contributed by atoms with Crippen molar-refractivity contribution in [3.63, 3.8) is 0 Å². The highest BCUT2D eigenvalue weighted by Gasteiger charge is 2.00. The van der Waals surface area contributed by atoms with Crippen molar-refractivity contribution in [1.82, 2.24) is 10.3 Å². The molecule has 0 atom stereocenters. The molecular formula is C16H20N2OS. The van der Waals surface area contributed by atoms with Gasteiger partial charge in [0.1, 0.15) is 5.75 Å². The third-order valence-electron chi connectivity index (χ3n) is 2.79. The lowest BCUT2D eigenvalue weighted by Crippen LogP contribution is -2.21. The molecule has 0 unspecified atom stereocenters. The Kier molecular flexibility index (Phi) is 5.44. The number of ether oxygens (including phenoxy) is 1. The van der Waals surface area contributed by atoms with Crippen LogP contribution in [0.3, 0.4) is 0 Å². The van der Waals surface area contributed by atoms with Crippen molar-refractivity contribution >= 4 is 11.8 Å². The van der Waals surface area contributed by atoms with Crippen molar-refractivity contribution in [2.45, 2.75) is 31.3 Å². The van der Waals surface area contributed by atoms with Crippen LogP contribution in [0.5, 0.6) is 11.6 Å². The average molecular weight is 288 g/mol. The summed E-state index contributed by atoms with van der Waals surface area (Å²) in [7, 11) is 0. The van der Waals surface area contributed by atoms with E-state index in [1.165, 1.54) is 4.90 Å². The smallest absolute Gasteiger partial charge is 0.219 e. The van der Waals surface area contributed by atoms with E-state index >= 15 is 0 Å². The molecule has 2 aromatic rings. The average Bonchev–Trinajstić information content (AvgIpc) is 2.47. The molecule has 1 heterocycles. The molecule has 3 nitrogen and oxygen atoms in total. The molecule has 4 heteroatoms. The number of aromatic nitrogens is 1. The molecule has 1 aromatic carbocycles. The van der Waals surface area contributed by atoms with Crippen LogP contribution < -0.4 is 10.1 Å². The molecule has 0 aliphatic rings. The van der Waals surface area contributed by atoms with Gasteiger partial charge in [-0.15, -0.1) is 11.8 Å².